The monoisotopic (exact) mass is 510 g/mol. The number of hydrogen-bond acceptors (Lipinski definition) is 4. The highest BCUT2D eigenvalue weighted by Gasteiger charge is 2.25. The van der Waals surface area contributed by atoms with Crippen LogP contribution in [0.15, 0.2) is 72.9 Å². The summed E-state index contributed by atoms with van der Waals surface area (Å²) in [5, 5.41) is 4.61. The Morgan fingerprint density at radius 1 is 1.00 bits per heavy atom. The highest BCUT2D eigenvalue weighted by atomic mass is 35.5. The molecule has 0 aliphatic carbocycles. The molecule has 0 saturated carbocycles. The molecule has 0 unspecified atom stereocenters. The predicted molar refractivity (Wildman–Crippen MR) is 137 cm³/mol. The fourth-order valence-electron chi connectivity index (χ4n) is 3.69. The van der Waals surface area contributed by atoms with E-state index in [9.17, 15) is 9.59 Å². The first-order valence-electron chi connectivity index (χ1n) is 11.0. The smallest absolute Gasteiger partial charge is 0.329 e. The van der Waals surface area contributed by atoms with Crippen molar-refractivity contribution in [2.45, 2.75) is 26.0 Å². The minimum absolute atomic E-state index is 0.0467. The van der Waals surface area contributed by atoms with Gasteiger partial charge in [-0.05, 0) is 48.4 Å². The van der Waals surface area contributed by atoms with Gasteiger partial charge in [0.25, 0.3) is 5.91 Å². The molecule has 4 rings (SSSR count). The van der Waals surface area contributed by atoms with Crippen molar-refractivity contribution in [3.63, 3.8) is 0 Å². The van der Waals surface area contributed by atoms with E-state index in [0.29, 0.717) is 21.4 Å². The third kappa shape index (κ3) is 6.56. The Hall–Kier alpha value is -3.48. The predicted octanol–water partition coefficient (Wildman–Crippen LogP) is 5.63. The number of hydrogen-bond donors (Lipinski definition) is 2. The van der Waals surface area contributed by atoms with Gasteiger partial charge in [0.05, 0.1) is 0 Å². The largest absolute Gasteiger partial charge is 0.484 e. The number of carbonyl (C=O) groups is 2. The molecule has 1 heterocycles. The number of aromatic amines is 1. The highest BCUT2D eigenvalue weighted by Crippen LogP contribution is 2.23. The SMILES string of the molecule is Cc1cccc(OCC(=O)N[C@@H](Cc2c[nH]c3ccccc23)C(=O)OCc2ccc(Cl)cc2Cl)c1. The quantitative estimate of drug-likeness (QED) is 0.286. The number of H-pyrrole nitrogens is 1. The van der Waals surface area contributed by atoms with Crippen molar-refractivity contribution in [2.75, 3.05) is 6.61 Å². The van der Waals surface area contributed by atoms with Crippen LogP contribution in [0.4, 0.5) is 0 Å². The Kier molecular flexibility index (Phi) is 7.95. The van der Waals surface area contributed by atoms with Crippen LogP contribution < -0.4 is 10.1 Å². The number of rotatable bonds is 9. The fourth-order valence-corrected chi connectivity index (χ4v) is 4.15. The molecule has 0 aliphatic rings. The van der Waals surface area contributed by atoms with Gasteiger partial charge >= 0.3 is 5.97 Å². The van der Waals surface area contributed by atoms with Crippen molar-refractivity contribution in [3.8, 4) is 5.75 Å². The Balaban J connectivity index is 1.46. The maximum Gasteiger partial charge on any atom is 0.329 e. The number of benzene rings is 3. The van der Waals surface area contributed by atoms with Gasteiger partial charge in [-0.1, -0.05) is 59.6 Å². The maximum atomic E-state index is 13.1. The topological polar surface area (TPSA) is 80.4 Å². The number of aryl methyl sites for hydroxylation is 1. The van der Waals surface area contributed by atoms with Crippen molar-refractivity contribution < 1.29 is 19.1 Å². The van der Waals surface area contributed by atoms with Gasteiger partial charge in [0, 0.05) is 39.1 Å². The molecule has 35 heavy (non-hydrogen) atoms. The summed E-state index contributed by atoms with van der Waals surface area (Å²) in [5.74, 6) is -0.434. The summed E-state index contributed by atoms with van der Waals surface area (Å²) in [6.07, 6.45) is 2.07. The molecule has 3 aromatic carbocycles. The van der Waals surface area contributed by atoms with E-state index in [2.05, 4.69) is 10.3 Å². The van der Waals surface area contributed by atoms with Crippen LogP contribution in [0.25, 0.3) is 10.9 Å². The molecule has 0 spiro atoms. The molecule has 6 nitrogen and oxygen atoms in total. The molecule has 1 amide bonds. The van der Waals surface area contributed by atoms with Gasteiger partial charge in [0.1, 0.15) is 18.4 Å². The number of ether oxygens (including phenoxy) is 2. The lowest BCUT2D eigenvalue weighted by Gasteiger charge is -2.18. The Morgan fingerprint density at radius 2 is 1.83 bits per heavy atom. The van der Waals surface area contributed by atoms with Crippen LogP contribution >= 0.6 is 23.2 Å². The molecule has 0 saturated heterocycles. The number of fused-ring (bicyclic) bond motifs is 1. The van der Waals surface area contributed by atoms with Gasteiger partial charge in [-0.25, -0.2) is 4.79 Å². The number of carbonyl (C=O) groups excluding carboxylic acids is 2. The zero-order valence-electron chi connectivity index (χ0n) is 19.0. The molecule has 8 heteroatoms. The van der Waals surface area contributed by atoms with Crippen LogP contribution in [-0.2, 0) is 27.4 Å². The Bertz CT molecular complexity index is 1350. The molecule has 0 aliphatic heterocycles. The summed E-state index contributed by atoms with van der Waals surface area (Å²) in [6.45, 7) is 1.66. The molecule has 0 fully saturated rings. The van der Waals surface area contributed by atoms with E-state index in [1.807, 2.05) is 55.6 Å². The third-order valence-electron chi connectivity index (χ3n) is 5.46. The van der Waals surface area contributed by atoms with Crippen molar-refractivity contribution in [1.82, 2.24) is 10.3 Å². The molecule has 4 aromatic rings. The van der Waals surface area contributed by atoms with Crippen LogP contribution in [0.1, 0.15) is 16.7 Å². The van der Waals surface area contributed by atoms with Crippen molar-refractivity contribution in [3.05, 3.63) is 99.7 Å². The lowest BCUT2D eigenvalue weighted by Crippen LogP contribution is -2.45. The molecule has 1 aromatic heterocycles. The van der Waals surface area contributed by atoms with Crippen molar-refractivity contribution in [1.29, 1.82) is 0 Å². The minimum Gasteiger partial charge on any atom is -0.484 e. The van der Waals surface area contributed by atoms with E-state index in [1.165, 1.54) is 0 Å². The van der Waals surface area contributed by atoms with Crippen LogP contribution in [0.3, 0.4) is 0 Å². The maximum absolute atomic E-state index is 13.1. The number of para-hydroxylation sites is 1. The van der Waals surface area contributed by atoms with E-state index < -0.39 is 17.9 Å². The second-order valence-electron chi connectivity index (χ2n) is 8.13. The second-order valence-corrected chi connectivity index (χ2v) is 8.98. The molecular formula is C27H24Cl2N2O4. The molecule has 2 N–H and O–H groups in total. The van der Waals surface area contributed by atoms with Crippen LogP contribution in [-0.4, -0.2) is 29.5 Å². The fraction of sp³-hybridized carbons (Fsp3) is 0.185. The van der Waals surface area contributed by atoms with Crippen LogP contribution in [0.5, 0.6) is 5.75 Å². The summed E-state index contributed by atoms with van der Waals surface area (Å²) in [4.78, 5) is 28.9. The molecule has 180 valence electrons. The van der Waals surface area contributed by atoms with Crippen LogP contribution in [0.2, 0.25) is 10.0 Å². The summed E-state index contributed by atoms with van der Waals surface area (Å²) in [7, 11) is 0. The average Bonchev–Trinajstić information content (AvgIpc) is 3.24. The second kappa shape index (κ2) is 11.3. The molecule has 0 radical (unpaired) electrons. The van der Waals surface area contributed by atoms with Gasteiger partial charge in [-0.2, -0.15) is 0 Å². The number of amides is 1. The van der Waals surface area contributed by atoms with E-state index in [0.717, 1.165) is 22.0 Å². The third-order valence-corrected chi connectivity index (χ3v) is 6.05. The lowest BCUT2D eigenvalue weighted by atomic mass is 10.0. The van der Waals surface area contributed by atoms with Crippen molar-refractivity contribution in [2.24, 2.45) is 0 Å². The number of esters is 1. The van der Waals surface area contributed by atoms with E-state index in [-0.39, 0.29) is 19.6 Å². The average molecular weight is 511 g/mol. The zero-order chi connectivity index (χ0) is 24.8. The summed E-state index contributed by atoms with van der Waals surface area (Å²) in [5.41, 5.74) is 3.46. The van der Waals surface area contributed by atoms with Crippen LogP contribution in [0, 0.1) is 6.92 Å². The van der Waals surface area contributed by atoms with Gasteiger partial charge in [0.15, 0.2) is 6.61 Å². The van der Waals surface area contributed by atoms with Crippen molar-refractivity contribution >= 4 is 46.0 Å². The standard InChI is InChI=1S/C27H24Cl2N2O4/c1-17-5-4-6-21(11-17)34-16-26(32)31-25(12-19-14-30-24-8-3-2-7-22(19)24)27(33)35-15-18-9-10-20(28)13-23(18)29/h2-11,13-14,25,30H,12,15-16H2,1H3,(H,31,32)/t25-/m0/s1. The van der Waals surface area contributed by atoms with Gasteiger partial charge in [-0.15, -0.1) is 0 Å². The number of halogens is 2. The first-order chi connectivity index (χ1) is 16.9. The highest BCUT2D eigenvalue weighted by molar-refractivity contribution is 6.35. The lowest BCUT2D eigenvalue weighted by molar-refractivity contribution is -0.149. The van der Waals surface area contributed by atoms with E-state index in [4.69, 9.17) is 32.7 Å². The number of nitrogens with one attached hydrogen (secondary N) is 2. The first kappa shape index (κ1) is 24.6. The summed E-state index contributed by atoms with van der Waals surface area (Å²) >= 11 is 12.1. The number of aromatic nitrogens is 1. The Morgan fingerprint density at radius 3 is 2.63 bits per heavy atom. The molecule has 0 bridgehead atoms. The van der Waals surface area contributed by atoms with E-state index >= 15 is 0 Å². The van der Waals surface area contributed by atoms with Gasteiger partial charge in [-0.3, -0.25) is 4.79 Å². The normalized spacial score (nSPS) is 11.7. The van der Waals surface area contributed by atoms with Gasteiger partial charge < -0.3 is 19.8 Å². The molecule has 1 atom stereocenters. The molecular weight excluding hydrogens is 487 g/mol. The summed E-state index contributed by atoms with van der Waals surface area (Å²) in [6, 6.07) is 19.2. The Labute approximate surface area is 213 Å². The summed E-state index contributed by atoms with van der Waals surface area (Å²) < 4.78 is 11.1. The van der Waals surface area contributed by atoms with Gasteiger partial charge in [0.2, 0.25) is 0 Å². The first-order valence-corrected chi connectivity index (χ1v) is 11.8. The zero-order valence-corrected chi connectivity index (χ0v) is 20.5. The van der Waals surface area contributed by atoms with E-state index in [1.54, 1.807) is 24.3 Å². The minimum atomic E-state index is -0.922.